The first-order chi connectivity index (χ1) is 12.8. The number of rotatable bonds is 6. The Kier molecular flexibility index (Phi) is 6.72. The van der Waals surface area contributed by atoms with Gasteiger partial charge in [0.05, 0.1) is 16.2 Å². The lowest BCUT2D eigenvalue weighted by atomic mass is 10.1. The lowest BCUT2D eigenvalue weighted by molar-refractivity contribution is -0.384. The molecule has 0 saturated carbocycles. The number of non-ortho nitro benzene ring substituents is 1. The van der Waals surface area contributed by atoms with Crippen LogP contribution in [-0.4, -0.2) is 36.6 Å². The van der Waals surface area contributed by atoms with Gasteiger partial charge in [-0.25, -0.2) is 4.39 Å². The molecule has 142 valence electrons. The van der Waals surface area contributed by atoms with Crippen LogP contribution in [-0.2, 0) is 4.79 Å². The number of benzene rings is 2. The average Bonchev–Trinajstić information content (AvgIpc) is 2.64. The van der Waals surface area contributed by atoms with E-state index in [4.69, 9.17) is 0 Å². The summed E-state index contributed by atoms with van der Waals surface area (Å²) in [7, 11) is 3.36. The van der Waals surface area contributed by atoms with Gasteiger partial charge in [0.1, 0.15) is 5.82 Å². The third kappa shape index (κ3) is 5.42. The van der Waals surface area contributed by atoms with Crippen molar-refractivity contribution in [3.63, 3.8) is 0 Å². The van der Waals surface area contributed by atoms with Gasteiger partial charge in [0, 0.05) is 36.8 Å². The highest BCUT2D eigenvalue weighted by Crippen LogP contribution is 2.24. The molecule has 0 radical (unpaired) electrons. The van der Waals surface area contributed by atoms with E-state index in [1.165, 1.54) is 18.2 Å². The third-order valence-corrected chi connectivity index (χ3v) is 4.48. The number of nitro groups is 1. The number of hydrazine groups is 1. The molecule has 0 spiro atoms. The average molecular weight is 392 g/mol. The Morgan fingerprint density at radius 1 is 1.19 bits per heavy atom. The molecule has 10 heteroatoms. The van der Waals surface area contributed by atoms with Crippen LogP contribution >= 0.6 is 11.8 Å². The topological polar surface area (TPSA) is 105 Å². The van der Waals surface area contributed by atoms with Crippen molar-refractivity contribution >= 4 is 35.0 Å². The molecule has 0 atom stereocenters. The fourth-order valence-corrected chi connectivity index (χ4v) is 2.88. The second-order valence-electron chi connectivity index (χ2n) is 5.57. The largest absolute Gasteiger partial charge is 0.377 e. The minimum atomic E-state index is -0.702. The fourth-order valence-electron chi connectivity index (χ4n) is 2.14. The van der Waals surface area contributed by atoms with E-state index in [0.29, 0.717) is 10.6 Å². The first kappa shape index (κ1) is 20.2. The maximum atomic E-state index is 13.5. The van der Waals surface area contributed by atoms with E-state index >= 15 is 0 Å². The number of hydrogen-bond acceptors (Lipinski definition) is 6. The maximum Gasteiger partial charge on any atom is 0.272 e. The fraction of sp³-hybridized carbons (Fsp3) is 0.176. The number of nitrogens with zero attached hydrogens (tertiary/aromatic N) is 2. The monoisotopic (exact) mass is 392 g/mol. The zero-order valence-electron chi connectivity index (χ0n) is 14.6. The lowest BCUT2D eigenvalue weighted by Crippen LogP contribution is -2.42. The number of hydrogen-bond donors (Lipinski definition) is 2. The van der Waals surface area contributed by atoms with Crippen molar-refractivity contribution in [3.8, 4) is 0 Å². The molecule has 0 aliphatic rings. The Hall–Kier alpha value is -3.14. The van der Waals surface area contributed by atoms with E-state index in [-0.39, 0.29) is 17.0 Å². The molecule has 0 bridgehead atoms. The van der Waals surface area contributed by atoms with Gasteiger partial charge in [0.2, 0.25) is 5.91 Å². The number of amides is 2. The summed E-state index contributed by atoms with van der Waals surface area (Å²) in [6.07, 6.45) is 0. The molecule has 0 unspecified atom stereocenters. The summed E-state index contributed by atoms with van der Waals surface area (Å²) in [4.78, 5) is 36.5. The molecule has 2 aromatic carbocycles. The van der Waals surface area contributed by atoms with Crippen LogP contribution in [0.1, 0.15) is 10.4 Å². The smallest absolute Gasteiger partial charge is 0.272 e. The molecule has 0 heterocycles. The number of halogens is 1. The van der Waals surface area contributed by atoms with Gasteiger partial charge in [-0.1, -0.05) is 12.1 Å². The van der Waals surface area contributed by atoms with Gasteiger partial charge in [-0.15, -0.1) is 11.8 Å². The van der Waals surface area contributed by atoms with Crippen molar-refractivity contribution in [2.24, 2.45) is 0 Å². The van der Waals surface area contributed by atoms with E-state index in [2.05, 4.69) is 10.9 Å². The number of carbonyl (C=O) groups excluding carboxylic acids is 2. The van der Waals surface area contributed by atoms with Crippen molar-refractivity contribution in [2.75, 3.05) is 24.7 Å². The molecule has 0 aliphatic heterocycles. The van der Waals surface area contributed by atoms with Crippen LogP contribution in [0.3, 0.4) is 0 Å². The summed E-state index contributed by atoms with van der Waals surface area (Å²) in [5, 5.41) is 10.9. The molecule has 0 fully saturated rings. The first-order valence-corrected chi connectivity index (χ1v) is 8.70. The van der Waals surface area contributed by atoms with Crippen molar-refractivity contribution in [1.29, 1.82) is 0 Å². The molecular formula is C17H17FN4O4S. The van der Waals surface area contributed by atoms with Gasteiger partial charge < -0.3 is 4.90 Å². The first-order valence-electron chi connectivity index (χ1n) is 7.72. The number of carbonyl (C=O) groups is 2. The van der Waals surface area contributed by atoms with Crippen LogP contribution in [0.2, 0.25) is 0 Å². The maximum absolute atomic E-state index is 13.5. The lowest BCUT2D eigenvalue weighted by Gasteiger charge is -2.17. The van der Waals surface area contributed by atoms with Gasteiger partial charge in [0.25, 0.3) is 11.6 Å². The summed E-state index contributed by atoms with van der Waals surface area (Å²) in [6, 6.07) is 9.88. The molecule has 2 rings (SSSR count). The minimum absolute atomic E-state index is 0.0382. The van der Waals surface area contributed by atoms with Crippen LogP contribution in [0.4, 0.5) is 15.8 Å². The highest BCUT2D eigenvalue weighted by molar-refractivity contribution is 8.00. The quantitative estimate of drug-likeness (QED) is 0.444. The molecule has 0 saturated heterocycles. The zero-order chi connectivity index (χ0) is 20.0. The molecule has 27 heavy (non-hydrogen) atoms. The van der Waals surface area contributed by atoms with E-state index in [1.54, 1.807) is 37.2 Å². The summed E-state index contributed by atoms with van der Waals surface area (Å²) in [5.74, 6) is -1.80. The Morgan fingerprint density at radius 3 is 2.52 bits per heavy atom. The Bertz CT molecular complexity index is 876. The van der Waals surface area contributed by atoms with E-state index in [0.717, 1.165) is 17.8 Å². The zero-order valence-corrected chi connectivity index (χ0v) is 15.4. The molecule has 2 amide bonds. The summed E-state index contributed by atoms with van der Waals surface area (Å²) >= 11 is 0.981. The van der Waals surface area contributed by atoms with E-state index in [1.807, 2.05) is 0 Å². The SMILES string of the molecule is CN(C)c1ccc([N+](=O)[O-])cc1C(=O)NNC(=O)CSc1ccccc1F. The van der Waals surface area contributed by atoms with Crippen LogP contribution in [0.5, 0.6) is 0 Å². The van der Waals surface area contributed by atoms with Gasteiger partial charge >= 0.3 is 0 Å². The number of nitrogens with one attached hydrogen (secondary N) is 2. The highest BCUT2D eigenvalue weighted by atomic mass is 32.2. The Morgan fingerprint density at radius 2 is 1.89 bits per heavy atom. The van der Waals surface area contributed by atoms with Crippen LogP contribution in [0.15, 0.2) is 47.4 Å². The van der Waals surface area contributed by atoms with Gasteiger partial charge in [0.15, 0.2) is 0 Å². The van der Waals surface area contributed by atoms with Crippen molar-refractivity contribution in [1.82, 2.24) is 10.9 Å². The molecule has 2 aromatic rings. The third-order valence-electron chi connectivity index (χ3n) is 3.43. The van der Waals surface area contributed by atoms with Gasteiger partial charge in [-0.3, -0.25) is 30.6 Å². The second-order valence-corrected chi connectivity index (χ2v) is 6.59. The predicted molar refractivity (Wildman–Crippen MR) is 100 cm³/mol. The highest BCUT2D eigenvalue weighted by Gasteiger charge is 2.18. The van der Waals surface area contributed by atoms with Gasteiger partial charge in [-0.05, 0) is 18.2 Å². The Balaban J connectivity index is 2.00. The standard InChI is InChI=1S/C17H17FN4O4S/c1-21(2)14-8-7-11(22(25)26)9-12(14)17(24)20-19-16(23)10-27-15-6-4-3-5-13(15)18/h3-9H,10H2,1-2H3,(H,19,23)(H,20,24). The number of thioether (sulfide) groups is 1. The molecular weight excluding hydrogens is 375 g/mol. The van der Waals surface area contributed by atoms with Crippen LogP contribution < -0.4 is 15.8 Å². The molecule has 0 aromatic heterocycles. The van der Waals surface area contributed by atoms with Crippen LogP contribution in [0, 0.1) is 15.9 Å². The van der Waals surface area contributed by atoms with Crippen molar-refractivity contribution in [2.45, 2.75) is 4.90 Å². The summed E-state index contributed by atoms with van der Waals surface area (Å²) in [6.45, 7) is 0. The normalized spacial score (nSPS) is 10.2. The van der Waals surface area contributed by atoms with Crippen LogP contribution in [0.25, 0.3) is 0 Å². The minimum Gasteiger partial charge on any atom is -0.377 e. The van der Waals surface area contributed by atoms with E-state index < -0.39 is 22.6 Å². The van der Waals surface area contributed by atoms with Crippen molar-refractivity contribution in [3.05, 3.63) is 64.0 Å². The molecule has 2 N–H and O–H groups in total. The molecule has 0 aliphatic carbocycles. The second kappa shape index (κ2) is 8.99. The number of nitro benzene ring substituents is 1. The number of anilines is 1. The Labute approximate surface area is 158 Å². The van der Waals surface area contributed by atoms with Gasteiger partial charge in [-0.2, -0.15) is 0 Å². The summed E-state index contributed by atoms with van der Waals surface area (Å²) < 4.78 is 13.5. The summed E-state index contributed by atoms with van der Waals surface area (Å²) in [5.41, 5.74) is 4.68. The molecule has 8 nitrogen and oxygen atoms in total. The van der Waals surface area contributed by atoms with Crippen molar-refractivity contribution < 1.29 is 18.9 Å². The predicted octanol–water partition coefficient (Wildman–Crippen LogP) is 2.35. The van der Waals surface area contributed by atoms with E-state index in [9.17, 15) is 24.1 Å².